The standard InChI is InChI=1S/C19H19N3O2S/c1-22(16-5-3-2-4-6-16)19(23)24-17-9-7-15(8-10-17)11-14-25-18-20-12-13-21-18/h2-10,12-13H,11,14H2,1H3,(H,20,21). The van der Waals surface area contributed by atoms with Crippen LogP contribution in [-0.2, 0) is 6.42 Å². The van der Waals surface area contributed by atoms with Crippen molar-refractivity contribution in [3.05, 3.63) is 72.6 Å². The van der Waals surface area contributed by atoms with Gasteiger partial charge in [0.2, 0.25) is 0 Å². The molecule has 0 saturated heterocycles. The minimum Gasteiger partial charge on any atom is -0.410 e. The zero-order chi connectivity index (χ0) is 17.5. The van der Waals surface area contributed by atoms with Crippen molar-refractivity contribution >= 4 is 23.5 Å². The summed E-state index contributed by atoms with van der Waals surface area (Å²) in [5, 5.41) is 0.925. The Morgan fingerprint density at radius 3 is 2.60 bits per heavy atom. The molecular formula is C19H19N3O2S. The third kappa shape index (κ3) is 4.87. The van der Waals surface area contributed by atoms with Crippen LogP contribution in [0, 0.1) is 0 Å². The first-order chi connectivity index (χ1) is 12.2. The van der Waals surface area contributed by atoms with Gasteiger partial charge >= 0.3 is 6.09 Å². The number of imidazole rings is 1. The van der Waals surface area contributed by atoms with Crippen molar-refractivity contribution in [1.29, 1.82) is 0 Å². The molecule has 5 nitrogen and oxygen atoms in total. The van der Waals surface area contributed by atoms with E-state index in [4.69, 9.17) is 4.74 Å². The number of H-pyrrole nitrogens is 1. The number of hydrogen-bond donors (Lipinski definition) is 1. The number of aromatic amines is 1. The normalized spacial score (nSPS) is 10.4. The van der Waals surface area contributed by atoms with Crippen LogP contribution in [0.2, 0.25) is 0 Å². The summed E-state index contributed by atoms with van der Waals surface area (Å²) < 4.78 is 5.42. The summed E-state index contributed by atoms with van der Waals surface area (Å²) in [4.78, 5) is 20.9. The molecule has 25 heavy (non-hydrogen) atoms. The summed E-state index contributed by atoms with van der Waals surface area (Å²) in [6.07, 6.45) is 4.08. The highest BCUT2D eigenvalue weighted by Crippen LogP contribution is 2.18. The van der Waals surface area contributed by atoms with E-state index in [9.17, 15) is 4.79 Å². The zero-order valence-electron chi connectivity index (χ0n) is 13.9. The molecule has 0 spiro atoms. The Kier molecular flexibility index (Phi) is 5.74. The number of benzene rings is 2. The maximum atomic E-state index is 12.2. The van der Waals surface area contributed by atoms with Crippen LogP contribution in [0.1, 0.15) is 5.56 Å². The van der Waals surface area contributed by atoms with Crippen molar-refractivity contribution in [2.75, 3.05) is 17.7 Å². The first-order valence-electron chi connectivity index (χ1n) is 7.94. The molecule has 0 aliphatic heterocycles. The molecule has 3 aromatic rings. The Hall–Kier alpha value is -2.73. The molecule has 0 fully saturated rings. The number of aromatic nitrogens is 2. The Balaban J connectivity index is 1.51. The van der Waals surface area contributed by atoms with E-state index in [0.29, 0.717) is 5.75 Å². The summed E-state index contributed by atoms with van der Waals surface area (Å²) in [5.74, 6) is 1.47. The molecule has 1 N–H and O–H groups in total. The average Bonchev–Trinajstić information content (AvgIpc) is 3.17. The van der Waals surface area contributed by atoms with Crippen LogP contribution in [0.15, 0.2) is 72.1 Å². The topological polar surface area (TPSA) is 58.2 Å². The van der Waals surface area contributed by atoms with Crippen LogP contribution in [0.25, 0.3) is 0 Å². The maximum absolute atomic E-state index is 12.2. The maximum Gasteiger partial charge on any atom is 0.419 e. The summed E-state index contributed by atoms with van der Waals surface area (Å²) in [7, 11) is 1.69. The number of aryl methyl sites for hydroxylation is 1. The summed E-state index contributed by atoms with van der Waals surface area (Å²) in [5.41, 5.74) is 1.98. The van der Waals surface area contributed by atoms with Gasteiger partial charge in [0.15, 0.2) is 5.16 Å². The fourth-order valence-electron chi connectivity index (χ4n) is 2.25. The minimum absolute atomic E-state index is 0.410. The Morgan fingerprint density at radius 2 is 1.92 bits per heavy atom. The smallest absolute Gasteiger partial charge is 0.410 e. The van der Waals surface area contributed by atoms with Gasteiger partial charge in [0.05, 0.1) is 0 Å². The fourth-order valence-corrected chi connectivity index (χ4v) is 3.06. The molecule has 128 valence electrons. The number of carbonyl (C=O) groups excluding carboxylic acids is 1. The van der Waals surface area contributed by atoms with Crippen LogP contribution in [0.5, 0.6) is 5.75 Å². The molecule has 3 rings (SSSR count). The van der Waals surface area contributed by atoms with Crippen molar-refractivity contribution in [2.45, 2.75) is 11.6 Å². The van der Waals surface area contributed by atoms with Crippen molar-refractivity contribution in [3.63, 3.8) is 0 Å². The molecule has 0 aliphatic rings. The van der Waals surface area contributed by atoms with E-state index in [1.807, 2.05) is 60.8 Å². The number of para-hydroxylation sites is 1. The number of amides is 1. The highest BCUT2D eigenvalue weighted by atomic mass is 32.2. The van der Waals surface area contributed by atoms with Crippen LogP contribution < -0.4 is 9.64 Å². The predicted octanol–water partition coefficient (Wildman–Crippen LogP) is 4.38. The second kappa shape index (κ2) is 8.39. The van der Waals surface area contributed by atoms with Crippen LogP contribution >= 0.6 is 11.8 Å². The van der Waals surface area contributed by atoms with Gasteiger partial charge in [0.1, 0.15) is 5.75 Å². The Morgan fingerprint density at radius 1 is 1.16 bits per heavy atom. The van der Waals surface area contributed by atoms with Crippen molar-refractivity contribution in [1.82, 2.24) is 9.97 Å². The first kappa shape index (κ1) is 17.1. The number of thioether (sulfide) groups is 1. The minimum atomic E-state index is -0.410. The number of anilines is 1. The van der Waals surface area contributed by atoms with Gasteiger partial charge in [0, 0.05) is 30.9 Å². The van der Waals surface area contributed by atoms with Gasteiger partial charge in [-0.15, -0.1) is 0 Å². The van der Waals surface area contributed by atoms with Crippen LogP contribution in [0.4, 0.5) is 10.5 Å². The number of nitrogens with zero attached hydrogens (tertiary/aromatic N) is 2. The van der Waals surface area contributed by atoms with E-state index in [1.54, 1.807) is 25.0 Å². The van der Waals surface area contributed by atoms with Gasteiger partial charge in [-0.25, -0.2) is 9.78 Å². The Labute approximate surface area is 151 Å². The first-order valence-corrected chi connectivity index (χ1v) is 8.92. The largest absolute Gasteiger partial charge is 0.419 e. The Bertz CT molecular complexity index is 789. The molecule has 1 aromatic heterocycles. The number of nitrogens with one attached hydrogen (secondary N) is 1. The lowest BCUT2D eigenvalue weighted by atomic mass is 10.2. The number of rotatable bonds is 6. The molecule has 0 bridgehead atoms. The third-order valence-corrected chi connectivity index (χ3v) is 4.55. The molecule has 6 heteroatoms. The predicted molar refractivity (Wildman–Crippen MR) is 100 cm³/mol. The molecule has 0 radical (unpaired) electrons. The van der Waals surface area contributed by atoms with Gasteiger partial charge in [-0.05, 0) is 36.2 Å². The lowest BCUT2D eigenvalue weighted by molar-refractivity contribution is 0.209. The van der Waals surface area contributed by atoms with Crippen LogP contribution in [-0.4, -0.2) is 28.9 Å². The second-order valence-electron chi connectivity index (χ2n) is 5.40. The average molecular weight is 353 g/mol. The second-order valence-corrected chi connectivity index (χ2v) is 6.48. The molecule has 2 aromatic carbocycles. The monoisotopic (exact) mass is 353 g/mol. The van der Waals surface area contributed by atoms with Crippen LogP contribution in [0.3, 0.4) is 0 Å². The molecule has 0 unspecified atom stereocenters. The lowest BCUT2D eigenvalue weighted by Gasteiger charge is -2.16. The highest BCUT2D eigenvalue weighted by molar-refractivity contribution is 7.99. The SMILES string of the molecule is CN(C(=O)Oc1ccc(CCSc2ncc[nH]2)cc1)c1ccccc1. The molecule has 0 aliphatic carbocycles. The van der Waals surface area contributed by atoms with Gasteiger partial charge < -0.3 is 9.72 Å². The highest BCUT2D eigenvalue weighted by Gasteiger charge is 2.12. The third-order valence-electron chi connectivity index (χ3n) is 3.65. The molecule has 0 saturated carbocycles. The van der Waals surface area contributed by atoms with E-state index in [1.165, 1.54) is 10.5 Å². The summed E-state index contributed by atoms with van der Waals surface area (Å²) >= 11 is 1.68. The lowest BCUT2D eigenvalue weighted by Crippen LogP contribution is -2.29. The van der Waals surface area contributed by atoms with Gasteiger partial charge in [-0.2, -0.15) is 0 Å². The quantitative estimate of drug-likeness (QED) is 0.668. The summed E-state index contributed by atoms with van der Waals surface area (Å²) in [6, 6.07) is 17.0. The number of ether oxygens (including phenoxy) is 1. The van der Waals surface area contributed by atoms with E-state index < -0.39 is 6.09 Å². The number of hydrogen-bond acceptors (Lipinski definition) is 4. The number of carbonyl (C=O) groups is 1. The zero-order valence-corrected chi connectivity index (χ0v) is 14.7. The molecule has 1 heterocycles. The molecule has 1 amide bonds. The van der Waals surface area contributed by atoms with E-state index in [-0.39, 0.29) is 0 Å². The van der Waals surface area contributed by atoms with Crippen molar-refractivity contribution in [2.24, 2.45) is 0 Å². The van der Waals surface area contributed by atoms with Gasteiger partial charge in [-0.3, -0.25) is 4.90 Å². The molecule has 0 atom stereocenters. The van der Waals surface area contributed by atoms with E-state index >= 15 is 0 Å². The summed E-state index contributed by atoms with van der Waals surface area (Å²) in [6.45, 7) is 0. The van der Waals surface area contributed by atoms with Gasteiger partial charge in [0.25, 0.3) is 0 Å². The molecular weight excluding hydrogens is 334 g/mol. The van der Waals surface area contributed by atoms with Crippen molar-refractivity contribution < 1.29 is 9.53 Å². The van der Waals surface area contributed by atoms with Crippen molar-refractivity contribution in [3.8, 4) is 5.75 Å². The van der Waals surface area contributed by atoms with Gasteiger partial charge in [-0.1, -0.05) is 42.1 Å². The van der Waals surface area contributed by atoms with E-state index in [0.717, 1.165) is 23.0 Å². The fraction of sp³-hybridized carbons (Fsp3) is 0.158. The van der Waals surface area contributed by atoms with E-state index in [2.05, 4.69) is 9.97 Å².